The van der Waals surface area contributed by atoms with Crippen LogP contribution in [0.5, 0.6) is 5.75 Å². The zero-order valence-corrected chi connectivity index (χ0v) is 18.3. The zero-order chi connectivity index (χ0) is 21.1. The molecule has 2 aromatic rings. The predicted octanol–water partition coefficient (Wildman–Crippen LogP) is 4.42. The van der Waals surface area contributed by atoms with E-state index in [1.807, 2.05) is 48.5 Å². The van der Waals surface area contributed by atoms with Crippen molar-refractivity contribution >= 4 is 34.0 Å². The number of benzene rings is 2. The van der Waals surface area contributed by atoms with Gasteiger partial charge in [0.05, 0.1) is 22.5 Å². The molecule has 156 valence electrons. The van der Waals surface area contributed by atoms with Crippen molar-refractivity contribution in [1.82, 2.24) is 5.01 Å². The number of allylic oxidation sites excluding steroid dienone is 2. The third kappa shape index (κ3) is 3.07. The Hall–Kier alpha value is -2.73. The molecule has 5 aliphatic rings. The van der Waals surface area contributed by atoms with Crippen LogP contribution in [0.1, 0.15) is 17.5 Å². The van der Waals surface area contributed by atoms with Gasteiger partial charge in [-0.3, -0.25) is 9.59 Å². The first-order valence-corrected chi connectivity index (χ1v) is 11.5. The van der Waals surface area contributed by atoms with Gasteiger partial charge in [0, 0.05) is 0 Å². The van der Waals surface area contributed by atoms with Crippen LogP contribution in [0.25, 0.3) is 0 Å². The molecule has 6 atom stereocenters. The summed E-state index contributed by atoms with van der Waals surface area (Å²) in [6.07, 6.45) is 7.08. The number of amides is 2. The summed E-state index contributed by atoms with van der Waals surface area (Å²) < 4.78 is 6.68. The second kappa shape index (κ2) is 7.16. The van der Waals surface area contributed by atoms with Gasteiger partial charge in [0.25, 0.3) is 11.8 Å². The lowest BCUT2D eigenvalue weighted by Crippen LogP contribution is -2.40. The molecular weight excluding hydrogens is 456 g/mol. The minimum Gasteiger partial charge on any atom is -0.488 e. The number of ether oxygens (including phenoxy) is 1. The third-order valence-electron chi connectivity index (χ3n) is 7.15. The summed E-state index contributed by atoms with van der Waals surface area (Å²) in [5.41, 5.74) is 1.88. The maximum absolute atomic E-state index is 13.0. The topological polar surface area (TPSA) is 59.0 Å². The Morgan fingerprint density at radius 1 is 1.00 bits per heavy atom. The van der Waals surface area contributed by atoms with Gasteiger partial charge >= 0.3 is 0 Å². The fourth-order valence-electron chi connectivity index (χ4n) is 5.63. The summed E-state index contributed by atoms with van der Waals surface area (Å²) in [7, 11) is 0. The van der Waals surface area contributed by atoms with E-state index in [-0.39, 0.29) is 35.5 Å². The van der Waals surface area contributed by atoms with Crippen molar-refractivity contribution in [2.45, 2.75) is 13.0 Å². The number of rotatable bonds is 5. The first-order valence-electron chi connectivity index (χ1n) is 10.7. The van der Waals surface area contributed by atoms with E-state index in [2.05, 4.69) is 33.2 Å². The molecular formula is C25H21BrN2O3. The van der Waals surface area contributed by atoms with Crippen molar-refractivity contribution in [3.63, 3.8) is 0 Å². The Morgan fingerprint density at radius 2 is 1.68 bits per heavy atom. The average Bonchev–Trinajstić information content (AvgIpc) is 3.57. The van der Waals surface area contributed by atoms with Crippen LogP contribution < -0.4 is 4.74 Å². The first kappa shape index (κ1) is 19.0. The van der Waals surface area contributed by atoms with Crippen molar-refractivity contribution in [2.24, 2.45) is 40.6 Å². The van der Waals surface area contributed by atoms with Crippen LogP contribution in [-0.4, -0.2) is 23.0 Å². The molecule has 6 heteroatoms. The minimum absolute atomic E-state index is 0.141. The second-order valence-electron chi connectivity index (χ2n) is 8.85. The van der Waals surface area contributed by atoms with Gasteiger partial charge in [0.15, 0.2) is 0 Å². The first-order chi connectivity index (χ1) is 15.1. The summed E-state index contributed by atoms with van der Waals surface area (Å²) in [4.78, 5) is 26.0. The lowest BCUT2D eigenvalue weighted by Gasteiger charge is -2.37. The van der Waals surface area contributed by atoms with E-state index in [1.54, 1.807) is 6.21 Å². The van der Waals surface area contributed by atoms with E-state index in [0.717, 1.165) is 32.8 Å². The van der Waals surface area contributed by atoms with Gasteiger partial charge in [-0.05, 0) is 75.3 Å². The largest absolute Gasteiger partial charge is 0.488 e. The Labute approximate surface area is 188 Å². The Bertz CT molecular complexity index is 1090. The monoisotopic (exact) mass is 476 g/mol. The molecule has 1 saturated heterocycles. The molecule has 6 unspecified atom stereocenters. The van der Waals surface area contributed by atoms with Gasteiger partial charge in [-0.25, -0.2) is 0 Å². The third-order valence-corrected chi connectivity index (χ3v) is 7.77. The molecule has 3 fully saturated rings. The zero-order valence-electron chi connectivity index (χ0n) is 16.7. The molecule has 1 aliphatic heterocycles. The number of hydrogen-bond donors (Lipinski definition) is 0. The number of carbonyl (C=O) groups excluding carboxylic acids is 2. The average molecular weight is 477 g/mol. The summed E-state index contributed by atoms with van der Waals surface area (Å²) in [6.45, 7) is 0.477. The molecule has 31 heavy (non-hydrogen) atoms. The minimum atomic E-state index is -0.219. The highest BCUT2D eigenvalue weighted by Gasteiger charge is 2.67. The van der Waals surface area contributed by atoms with E-state index in [0.29, 0.717) is 18.4 Å². The van der Waals surface area contributed by atoms with Gasteiger partial charge in [-0.15, -0.1) is 0 Å². The van der Waals surface area contributed by atoms with Crippen LogP contribution in [0, 0.1) is 35.5 Å². The van der Waals surface area contributed by atoms with Crippen molar-refractivity contribution in [3.05, 3.63) is 76.3 Å². The molecule has 0 radical (unpaired) electrons. The SMILES string of the molecule is O=C1C2C3C=CC(C4CC34)C2C(=O)N1N=Cc1ccc(OCc2ccccc2)c(Br)c1. The number of halogens is 1. The van der Waals surface area contributed by atoms with Crippen LogP contribution >= 0.6 is 15.9 Å². The van der Waals surface area contributed by atoms with Crippen molar-refractivity contribution in [1.29, 1.82) is 0 Å². The molecule has 2 amide bonds. The summed E-state index contributed by atoms with van der Waals surface area (Å²) in [5.74, 6) is 1.62. The van der Waals surface area contributed by atoms with E-state index in [4.69, 9.17) is 4.74 Å². The number of hydrogen-bond acceptors (Lipinski definition) is 4. The Morgan fingerprint density at radius 3 is 2.32 bits per heavy atom. The molecule has 2 saturated carbocycles. The van der Waals surface area contributed by atoms with Crippen LogP contribution in [0.4, 0.5) is 0 Å². The highest BCUT2D eigenvalue weighted by Crippen LogP contribution is 2.65. The molecule has 7 rings (SSSR count). The molecule has 2 bridgehead atoms. The standard InChI is InChI=1S/C25H21BrN2O3/c26-20-10-15(6-9-21(20)31-13-14-4-2-1-3-5-14)12-27-28-24(29)22-16-7-8-17(19-11-18(16)19)23(22)25(28)30/h1-10,12,16-19,22-23H,11,13H2. The number of imide groups is 1. The van der Waals surface area contributed by atoms with E-state index in [1.165, 1.54) is 0 Å². The molecule has 1 heterocycles. The van der Waals surface area contributed by atoms with Crippen LogP contribution in [0.2, 0.25) is 0 Å². The van der Waals surface area contributed by atoms with E-state index in [9.17, 15) is 9.59 Å². The van der Waals surface area contributed by atoms with Crippen molar-refractivity contribution in [3.8, 4) is 5.75 Å². The molecule has 0 N–H and O–H groups in total. The summed E-state index contributed by atoms with van der Waals surface area (Å²) >= 11 is 3.54. The Kier molecular flexibility index (Phi) is 4.39. The van der Waals surface area contributed by atoms with Crippen LogP contribution in [0.15, 0.2) is 70.3 Å². The van der Waals surface area contributed by atoms with Crippen LogP contribution in [-0.2, 0) is 16.2 Å². The molecule has 4 aliphatic carbocycles. The van der Waals surface area contributed by atoms with Crippen LogP contribution in [0.3, 0.4) is 0 Å². The van der Waals surface area contributed by atoms with Gasteiger partial charge in [0.2, 0.25) is 0 Å². The highest BCUT2D eigenvalue weighted by molar-refractivity contribution is 9.10. The lowest BCUT2D eigenvalue weighted by atomic mass is 9.63. The molecule has 2 aromatic carbocycles. The summed E-state index contributed by atoms with van der Waals surface area (Å²) in [6, 6.07) is 15.6. The van der Waals surface area contributed by atoms with Gasteiger partial charge in [-0.2, -0.15) is 10.1 Å². The van der Waals surface area contributed by atoms with E-state index < -0.39 is 0 Å². The fourth-order valence-corrected chi connectivity index (χ4v) is 6.14. The maximum Gasteiger partial charge on any atom is 0.254 e. The number of nitrogens with zero attached hydrogens (tertiary/aromatic N) is 2. The van der Waals surface area contributed by atoms with Gasteiger partial charge in [0.1, 0.15) is 12.4 Å². The smallest absolute Gasteiger partial charge is 0.254 e. The number of carbonyl (C=O) groups is 2. The van der Waals surface area contributed by atoms with E-state index >= 15 is 0 Å². The quantitative estimate of drug-likeness (QED) is 0.364. The lowest BCUT2D eigenvalue weighted by molar-refractivity contribution is -0.140. The van der Waals surface area contributed by atoms with Gasteiger partial charge < -0.3 is 4.74 Å². The molecule has 0 spiro atoms. The number of hydrazone groups is 1. The Balaban J connectivity index is 1.16. The highest BCUT2D eigenvalue weighted by atomic mass is 79.9. The van der Waals surface area contributed by atoms with Crippen molar-refractivity contribution in [2.75, 3.05) is 0 Å². The maximum atomic E-state index is 13.0. The molecule has 0 aromatic heterocycles. The van der Waals surface area contributed by atoms with Gasteiger partial charge in [-0.1, -0.05) is 42.5 Å². The molecule has 5 nitrogen and oxygen atoms in total. The van der Waals surface area contributed by atoms with Crippen molar-refractivity contribution < 1.29 is 14.3 Å². The summed E-state index contributed by atoms with van der Waals surface area (Å²) in [5, 5.41) is 5.41. The second-order valence-corrected chi connectivity index (χ2v) is 9.71. The predicted molar refractivity (Wildman–Crippen MR) is 119 cm³/mol. The fraction of sp³-hybridized carbons (Fsp3) is 0.320. The normalized spacial score (nSPS) is 32.5.